The Morgan fingerprint density at radius 2 is 1.90 bits per heavy atom. The lowest BCUT2D eigenvalue weighted by molar-refractivity contribution is -0.118. The van der Waals surface area contributed by atoms with E-state index in [2.05, 4.69) is 22.1 Å². The summed E-state index contributed by atoms with van der Waals surface area (Å²) in [5, 5.41) is 20.3. The summed E-state index contributed by atoms with van der Waals surface area (Å²) in [6.07, 6.45) is 1.65. The topological polar surface area (TPSA) is 97.1 Å². The highest BCUT2D eigenvalue weighted by atomic mass is 32.2. The molecule has 1 aromatic heterocycles. The van der Waals surface area contributed by atoms with Crippen LogP contribution in [0.3, 0.4) is 0 Å². The van der Waals surface area contributed by atoms with Crippen LogP contribution >= 0.6 is 11.8 Å². The number of carbonyl (C=O) groups is 2. The molecule has 0 aliphatic carbocycles. The molecule has 3 aromatic rings. The molecule has 9 heteroatoms. The van der Waals surface area contributed by atoms with Crippen molar-refractivity contribution >= 4 is 23.6 Å². The Hall–Kier alpha value is -3.46. The lowest BCUT2D eigenvalue weighted by atomic mass is 10.1. The van der Waals surface area contributed by atoms with E-state index in [-0.39, 0.29) is 23.8 Å². The number of aromatic nitrogens is 3. The van der Waals surface area contributed by atoms with Crippen LogP contribution in [0.1, 0.15) is 15.9 Å². The van der Waals surface area contributed by atoms with Crippen molar-refractivity contribution in [2.24, 2.45) is 0 Å². The first kappa shape index (κ1) is 21.3. The molecule has 1 heterocycles. The quantitative estimate of drug-likeness (QED) is 0.402. The largest absolute Gasteiger partial charge is 0.478 e. The molecule has 30 heavy (non-hydrogen) atoms. The fourth-order valence-electron chi connectivity index (χ4n) is 2.68. The second-order valence-corrected chi connectivity index (χ2v) is 7.20. The third-order valence-electron chi connectivity index (χ3n) is 4.17. The summed E-state index contributed by atoms with van der Waals surface area (Å²) >= 11 is 1.19. The van der Waals surface area contributed by atoms with Gasteiger partial charge in [0.25, 0.3) is 0 Å². The van der Waals surface area contributed by atoms with E-state index in [1.165, 1.54) is 30.0 Å². The Morgan fingerprint density at radius 3 is 2.57 bits per heavy atom. The number of benzene rings is 2. The molecule has 0 atom stereocenters. The first-order chi connectivity index (χ1) is 14.5. The molecule has 3 rings (SSSR count). The standard InChI is InChI=1S/C21H19FN4O3S/c1-2-11-26-19(16-5-3-4-6-17(16)22)24-25-21(26)30-13-18(27)23-12-14-7-9-15(10-8-14)20(28)29/h2-10H,1,11-13H2,(H,23,27)(H,28,29). The zero-order chi connectivity index (χ0) is 21.5. The minimum Gasteiger partial charge on any atom is -0.478 e. The highest BCUT2D eigenvalue weighted by Crippen LogP contribution is 2.25. The molecule has 1 amide bonds. The van der Waals surface area contributed by atoms with Gasteiger partial charge in [0.1, 0.15) is 5.82 Å². The van der Waals surface area contributed by atoms with Gasteiger partial charge >= 0.3 is 5.97 Å². The van der Waals surface area contributed by atoms with E-state index in [9.17, 15) is 14.0 Å². The summed E-state index contributed by atoms with van der Waals surface area (Å²) in [7, 11) is 0. The summed E-state index contributed by atoms with van der Waals surface area (Å²) in [6, 6.07) is 12.6. The molecule has 0 saturated heterocycles. The molecule has 0 aliphatic rings. The van der Waals surface area contributed by atoms with Gasteiger partial charge in [0.05, 0.1) is 16.9 Å². The van der Waals surface area contributed by atoms with Crippen LogP contribution in [0, 0.1) is 5.82 Å². The predicted octanol–water partition coefficient (Wildman–Crippen LogP) is 3.38. The number of nitrogens with zero attached hydrogens (tertiary/aromatic N) is 3. The maximum atomic E-state index is 14.1. The van der Waals surface area contributed by atoms with E-state index in [4.69, 9.17) is 5.11 Å². The molecule has 2 aromatic carbocycles. The van der Waals surface area contributed by atoms with Gasteiger partial charge in [-0.3, -0.25) is 9.36 Å². The molecule has 0 fully saturated rings. The van der Waals surface area contributed by atoms with Crippen LogP contribution in [0.2, 0.25) is 0 Å². The SMILES string of the molecule is C=CCn1c(SCC(=O)NCc2ccc(C(=O)O)cc2)nnc1-c1ccccc1F. The number of rotatable bonds is 9. The van der Waals surface area contributed by atoms with Crippen LogP contribution in [0.5, 0.6) is 0 Å². The molecular weight excluding hydrogens is 407 g/mol. The third-order valence-corrected chi connectivity index (χ3v) is 5.13. The van der Waals surface area contributed by atoms with Crippen molar-refractivity contribution in [2.45, 2.75) is 18.2 Å². The van der Waals surface area contributed by atoms with Crippen molar-refractivity contribution in [3.05, 3.63) is 78.1 Å². The van der Waals surface area contributed by atoms with Gasteiger partial charge in [0, 0.05) is 13.1 Å². The summed E-state index contributed by atoms with van der Waals surface area (Å²) in [5.41, 5.74) is 1.30. The minimum atomic E-state index is -1.000. The van der Waals surface area contributed by atoms with Crippen molar-refractivity contribution < 1.29 is 19.1 Å². The van der Waals surface area contributed by atoms with E-state index >= 15 is 0 Å². The zero-order valence-electron chi connectivity index (χ0n) is 15.9. The summed E-state index contributed by atoms with van der Waals surface area (Å²) in [6.45, 7) is 4.36. The molecular formula is C21H19FN4O3S. The number of hydrogen-bond donors (Lipinski definition) is 2. The van der Waals surface area contributed by atoms with E-state index in [0.29, 0.717) is 23.1 Å². The molecule has 0 radical (unpaired) electrons. The Labute approximate surface area is 176 Å². The number of carbonyl (C=O) groups excluding carboxylic acids is 1. The van der Waals surface area contributed by atoms with Gasteiger partial charge in [0.2, 0.25) is 5.91 Å². The van der Waals surface area contributed by atoms with Gasteiger partial charge < -0.3 is 10.4 Å². The van der Waals surface area contributed by atoms with Crippen LogP contribution in [0.15, 0.2) is 66.3 Å². The van der Waals surface area contributed by atoms with Crippen molar-refractivity contribution in [1.29, 1.82) is 0 Å². The van der Waals surface area contributed by atoms with Crippen molar-refractivity contribution in [3.63, 3.8) is 0 Å². The normalized spacial score (nSPS) is 10.6. The van der Waals surface area contributed by atoms with Gasteiger partial charge in [-0.1, -0.05) is 42.1 Å². The number of halogens is 1. The summed E-state index contributed by atoms with van der Waals surface area (Å²) in [4.78, 5) is 23.1. The molecule has 2 N–H and O–H groups in total. The van der Waals surface area contributed by atoms with Crippen molar-refractivity contribution in [3.8, 4) is 11.4 Å². The molecule has 7 nitrogen and oxygen atoms in total. The third kappa shape index (κ3) is 5.12. The Balaban J connectivity index is 1.62. The number of carboxylic acid groups (broad SMARTS) is 1. The first-order valence-corrected chi connectivity index (χ1v) is 9.99. The van der Waals surface area contributed by atoms with Crippen LogP contribution in [-0.4, -0.2) is 37.5 Å². The summed E-state index contributed by atoms with van der Waals surface area (Å²) in [5.74, 6) is -1.16. The van der Waals surface area contributed by atoms with Gasteiger partial charge in [0.15, 0.2) is 11.0 Å². The first-order valence-electron chi connectivity index (χ1n) is 9.00. The van der Waals surface area contributed by atoms with E-state index in [1.54, 1.807) is 41.0 Å². The maximum Gasteiger partial charge on any atom is 0.335 e. The van der Waals surface area contributed by atoms with Gasteiger partial charge in [-0.2, -0.15) is 0 Å². The Kier molecular flexibility index (Phi) is 6.97. The Bertz CT molecular complexity index is 1070. The minimum absolute atomic E-state index is 0.0970. The van der Waals surface area contributed by atoms with Crippen LogP contribution in [0.4, 0.5) is 4.39 Å². The van der Waals surface area contributed by atoms with Crippen LogP contribution in [-0.2, 0) is 17.9 Å². The second-order valence-electron chi connectivity index (χ2n) is 6.25. The smallest absolute Gasteiger partial charge is 0.335 e. The fraction of sp³-hybridized carbons (Fsp3) is 0.143. The lowest BCUT2D eigenvalue weighted by Gasteiger charge is -2.09. The average molecular weight is 426 g/mol. The van der Waals surface area contributed by atoms with Gasteiger partial charge in [-0.15, -0.1) is 16.8 Å². The average Bonchev–Trinajstić information content (AvgIpc) is 3.14. The highest BCUT2D eigenvalue weighted by Gasteiger charge is 2.17. The second kappa shape index (κ2) is 9.84. The predicted molar refractivity (Wildman–Crippen MR) is 112 cm³/mol. The molecule has 0 aliphatic heterocycles. The summed E-state index contributed by atoms with van der Waals surface area (Å²) < 4.78 is 15.8. The van der Waals surface area contributed by atoms with Gasteiger partial charge in [-0.05, 0) is 29.8 Å². The Morgan fingerprint density at radius 1 is 1.17 bits per heavy atom. The van der Waals surface area contributed by atoms with Gasteiger partial charge in [-0.25, -0.2) is 9.18 Å². The number of aromatic carboxylic acids is 1. The monoisotopic (exact) mass is 426 g/mol. The fourth-order valence-corrected chi connectivity index (χ4v) is 3.46. The highest BCUT2D eigenvalue weighted by molar-refractivity contribution is 7.99. The van der Waals surface area contributed by atoms with E-state index in [0.717, 1.165) is 5.56 Å². The number of thioether (sulfide) groups is 1. The number of nitrogens with one attached hydrogen (secondary N) is 1. The number of allylic oxidation sites excluding steroid dienone is 1. The molecule has 0 unspecified atom stereocenters. The zero-order valence-corrected chi connectivity index (χ0v) is 16.7. The molecule has 154 valence electrons. The maximum absolute atomic E-state index is 14.1. The van der Waals surface area contributed by atoms with Crippen LogP contribution in [0.25, 0.3) is 11.4 Å². The molecule has 0 spiro atoms. The van der Waals surface area contributed by atoms with Crippen LogP contribution < -0.4 is 5.32 Å². The van der Waals surface area contributed by atoms with Crippen molar-refractivity contribution in [2.75, 3.05) is 5.75 Å². The number of hydrogen-bond acceptors (Lipinski definition) is 5. The number of carboxylic acids is 1. The van der Waals surface area contributed by atoms with E-state index in [1.807, 2.05) is 0 Å². The van der Waals surface area contributed by atoms with Crippen molar-refractivity contribution in [1.82, 2.24) is 20.1 Å². The molecule has 0 saturated carbocycles. The lowest BCUT2D eigenvalue weighted by Crippen LogP contribution is -2.24. The van der Waals surface area contributed by atoms with E-state index < -0.39 is 11.8 Å². The number of amides is 1. The molecule has 0 bridgehead atoms.